The van der Waals surface area contributed by atoms with Crippen molar-refractivity contribution < 1.29 is 13.6 Å². The lowest BCUT2D eigenvalue weighted by molar-refractivity contribution is 0.0490. The van der Waals surface area contributed by atoms with Gasteiger partial charge in [-0.05, 0) is 25.3 Å². The maximum absolute atomic E-state index is 13.9. The number of carbonyl (C=O) groups excluding carboxylic acids is 1. The van der Waals surface area contributed by atoms with Crippen LogP contribution in [0.1, 0.15) is 42.4 Å². The highest BCUT2D eigenvalue weighted by atomic mass is 35.5. The fourth-order valence-corrected chi connectivity index (χ4v) is 5.89. The van der Waals surface area contributed by atoms with Crippen LogP contribution < -0.4 is 10.6 Å². The van der Waals surface area contributed by atoms with E-state index in [2.05, 4.69) is 41.9 Å². The summed E-state index contributed by atoms with van der Waals surface area (Å²) < 4.78 is 19.3. The Morgan fingerprint density at radius 2 is 1.82 bits per heavy atom. The van der Waals surface area contributed by atoms with Crippen molar-refractivity contribution in [2.45, 2.75) is 45.2 Å². The number of carbonyl (C=O) groups is 1. The zero-order chi connectivity index (χ0) is 27.8. The van der Waals surface area contributed by atoms with Crippen molar-refractivity contribution in [3.05, 3.63) is 38.8 Å². The summed E-state index contributed by atoms with van der Waals surface area (Å²) in [7, 11) is 0. The van der Waals surface area contributed by atoms with Gasteiger partial charge in [-0.2, -0.15) is 0 Å². The van der Waals surface area contributed by atoms with Gasteiger partial charge in [0.15, 0.2) is 33.5 Å². The normalized spacial score (nSPS) is 19.1. The fourth-order valence-electron chi connectivity index (χ4n) is 5.24. The molecule has 5 heterocycles. The van der Waals surface area contributed by atoms with Gasteiger partial charge in [0, 0.05) is 51.7 Å². The van der Waals surface area contributed by atoms with Crippen LogP contribution in [-0.2, 0) is 0 Å². The summed E-state index contributed by atoms with van der Waals surface area (Å²) in [4.78, 5) is 31.9. The van der Waals surface area contributed by atoms with E-state index in [0.717, 1.165) is 31.9 Å². The zero-order valence-corrected chi connectivity index (χ0v) is 23.6. The second-order valence-corrected chi connectivity index (χ2v) is 10.6. The Morgan fingerprint density at radius 1 is 1.08 bits per heavy atom. The average molecular weight is 599 g/mol. The third-order valence-electron chi connectivity index (χ3n) is 7.23. The van der Waals surface area contributed by atoms with Gasteiger partial charge in [-0.3, -0.25) is 9.69 Å². The van der Waals surface area contributed by atoms with E-state index in [0.29, 0.717) is 43.9 Å². The topological polar surface area (TPSA) is 130 Å². The molecule has 0 radical (unpaired) electrons. The minimum Gasteiger partial charge on any atom is -0.420 e. The Kier molecular flexibility index (Phi) is 8.08. The second kappa shape index (κ2) is 11.4. The monoisotopic (exact) mass is 597 g/mol. The van der Waals surface area contributed by atoms with Crippen LogP contribution in [-0.4, -0.2) is 85.7 Å². The van der Waals surface area contributed by atoms with Gasteiger partial charge in [-0.15, -0.1) is 10.2 Å². The molecule has 1 amide bonds. The number of aryl methyl sites for hydroxylation is 1. The highest BCUT2D eigenvalue weighted by Gasteiger charge is 2.36. The summed E-state index contributed by atoms with van der Waals surface area (Å²) in [5.74, 6) is 0.141. The summed E-state index contributed by atoms with van der Waals surface area (Å²) in [6, 6.07) is 1.59. The van der Waals surface area contributed by atoms with E-state index in [4.69, 9.17) is 45.0 Å². The van der Waals surface area contributed by atoms with Crippen LogP contribution in [0.5, 0.6) is 0 Å². The van der Waals surface area contributed by atoms with Crippen molar-refractivity contribution in [3.8, 4) is 11.6 Å². The standard InChI is InChI=1S/C24H27Cl3FN9O2/c1-3-13-11-36(22-20(27)30-17(21(29)32-22)23-34-33-12(2)39-23)8-9-37(13)14-4-6-35(7-5-14)24(38)15-10-16(28)19(26)31-18(15)25/h10,13-14H,3-9,11H2,1-2H3,(H2,29,32)/t13-/m0/s1. The van der Waals surface area contributed by atoms with Crippen LogP contribution in [0, 0.1) is 12.7 Å². The molecule has 208 valence electrons. The Balaban J connectivity index is 1.23. The largest absolute Gasteiger partial charge is 0.420 e. The first-order valence-electron chi connectivity index (χ1n) is 12.6. The van der Waals surface area contributed by atoms with Gasteiger partial charge in [0.1, 0.15) is 5.15 Å². The quantitative estimate of drug-likeness (QED) is 0.428. The van der Waals surface area contributed by atoms with Crippen molar-refractivity contribution in [3.63, 3.8) is 0 Å². The number of likely N-dealkylation sites (tertiary alicyclic amines) is 1. The van der Waals surface area contributed by atoms with E-state index in [9.17, 15) is 9.18 Å². The predicted octanol–water partition coefficient (Wildman–Crippen LogP) is 4.12. The van der Waals surface area contributed by atoms with E-state index in [-0.39, 0.29) is 50.4 Å². The molecule has 0 aromatic carbocycles. The van der Waals surface area contributed by atoms with E-state index in [1.54, 1.807) is 11.8 Å². The van der Waals surface area contributed by atoms with Crippen molar-refractivity contribution in [2.24, 2.45) is 0 Å². The number of amides is 1. The van der Waals surface area contributed by atoms with Crippen LogP contribution in [0.25, 0.3) is 11.6 Å². The van der Waals surface area contributed by atoms with Gasteiger partial charge in [-0.25, -0.2) is 19.3 Å². The van der Waals surface area contributed by atoms with Gasteiger partial charge in [0.25, 0.3) is 11.8 Å². The molecule has 0 saturated carbocycles. The second-order valence-electron chi connectivity index (χ2n) is 9.57. The third kappa shape index (κ3) is 5.60. The summed E-state index contributed by atoms with van der Waals surface area (Å²) >= 11 is 18.3. The zero-order valence-electron chi connectivity index (χ0n) is 21.4. The first-order chi connectivity index (χ1) is 18.7. The van der Waals surface area contributed by atoms with Gasteiger partial charge < -0.3 is 20.0 Å². The minimum absolute atomic E-state index is 0.0228. The molecule has 15 heteroatoms. The third-order valence-corrected chi connectivity index (χ3v) is 8.04. The number of nitrogens with zero attached hydrogens (tertiary/aromatic N) is 8. The van der Waals surface area contributed by atoms with Gasteiger partial charge >= 0.3 is 0 Å². The number of piperazine rings is 1. The number of anilines is 2. The molecule has 0 bridgehead atoms. The molecule has 0 aliphatic carbocycles. The molecule has 2 fully saturated rings. The molecule has 2 aliphatic rings. The fraction of sp³-hybridized carbons (Fsp3) is 0.500. The van der Waals surface area contributed by atoms with Crippen LogP contribution in [0.15, 0.2) is 10.5 Å². The van der Waals surface area contributed by atoms with Crippen LogP contribution in [0.3, 0.4) is 0 Å². The molecule has 0 unspecified atom stereocenters. The van der Waals surface area contributed by atoms with Gasteiger partial charge in [0.05, 0.1) is 5.56 Å². The smallest absolute Gasteiger partial charge is 0.270 e. The minimum atomic E-state index is -0.770. The average Bonchev–Trinajstić information content (AvgIpc) is 3.37. The number of aromatic nitrogens is 5. The van der Waals surface area contributed by atoms with Gasteiger partial charge in [0.2, 0.25) is 5.89 Å². The van der Waals surface area contributed by atoms with Crippen LogP contribution in [0.2, 0.25) is 15.5 Å². The maximum atomic E-state index is 13.9. The Labute approximate surface area is 239 Å². The highest BCUT2D eigenvalue weighted by molar-refractivity contribution is 6.34. The number of nitrogen functional groups attached to an aromatic ring is 1. The first-order valence-corrected chi connectivity index (χ1v) is 13.7. The Hall–Kier alpha value is -2.80. The molecule has 3 aromatic rings. The molecule has 3 aromatic heterocycles. The molecule has 1 atom stereocenters. The molecule has 2 saturated heterocycles. The molecule has 2 N–H and O–H groups in total. The summed E-state index contributed by atoms with van der Waals surface area (Å²) in [6.07, 6.45) is 2.49. The number of hydrogen-bond acceptors (Lipinski definition) is 10. The SMILES string of the molecule is CC[C@H]1CN(c2nc(N)c(-c3nnc(C)o3)nc2Cl)CCN1C1CCN(C(=O)c2cc(F)c(Cl)nc2Cl)CC1. The number of piperidine rings is 1. The number of hydrogen-bond donors (Lipinski definition) is 1. The number of rotatable bonds is 5. The van der Waals surface area contributed by atoms with E-state index < -0.39 is 5.82 Å². The molecule has 5 rings (SSSR count). The molecular weight excluding hydrogens is 572 g/mol. The molecular formula is C24H27Cl3FN9O2. The molecule has 11 nitrogen and oxygen atoms in total. The first kappa shape index (κ1) is 27.8. The van der Waals surface area contributed by atoms with Crippen molar-refractivity contribution in [2.75, 3.05) is 43.4 Å². The van der Waals surface area contributed by atoms with Crippen molar-refractivity contribution in [1.29, 1.82) is 0 Å². The summed E-state index contributed by atoms with van der Waals surface area (Å²) in [6.45, 7) is 7.07. The lowest BCUT2D eigenvalue weighted by Crippen LogP contribution is -2.58. The van der Waals surface area contributed by atoms with Crippen LogP contribution in [0.4, 0.5) is 16.0 Å². The van der Waals surface area contributed by atoms with E-state index >= 15 is 0 Å². The van der Waals surface area contributed by atoms with E-state index in [1.807, 2.05) is 0 Å². The maximum Gasteiger partial charge on any atom is 0.270 e. The van der Waals surface area contributed by atoms with Gasteiger partial charge in [-0.1, -0.05) is 41.7 Å². The lowest BCUT2D eigenvalue weighted by Gasteiger charge is -2.47. The van der Waals surface area contributed by atoms with E-state index in [1.165, 1.54) is 0 Å². The molecule has 39 heavy (non-hydrogen) atoms. The number of halogens is 4. The number of nitrogens with two attached hydrogens (primary N) is 1. The Bertz CT molecular complexity index is 1380. The predicted molar refractivity (Wildman–Crippen MR) is 146 cm³/mol. The lowest BCUT2D eigenvalue weighted by atomic mass is 9.97. The highest BCUT2D eigenvalue weighted by Crippen LogP contribution is 2.32. The summed E-state index contributed by atoms with van der Waals surface area (Å²) in [5.41, 5.74) is 6.47. The summed E-state index contributed by atoms with van der Waals surface area (Å²) in [5, 5.41) is 7.54. The van der Waals surface area contributed by atoms with Crippen LogP contribution >= 0.6 is 34.8 Å². The molecule has 2 aliphatic heterocycles. The molecule has 0 spiro atoms. The van der Waals surface area contributed by atoms with Crippen molar-refractivity contribution >= 4 is 52.3 Å². The Morgan fingerprint density at radius 3 is 2.49 bits per heavy atom. The number of pyridine rings is 1. The van der Waals surface area contributed by atoms with Crippen molar-refractivity contribution in [1.82, 2.24) is 34.9 Å².